The van der Waals surface area contributed by atoms with E-state index in [1.165, 1.54) is 12.4 Å². The highest BCUT2D eigenvalue weighted by Crippen LogP contribution is 2.23. The number of ether oxygens (including phenoxy) is 1. The van der Waals surface area contributed by atoms with Gasteiger partial charge in [0, 0.05) is 19.1 Å². The van der Waals surface area contributed by atoms with Crippen molar-refractivity contribution in [3.05, 3.63) is 48.2 Å². The second kappa shape index (κ2) is 9.19. The average Bonchev–Trinajstić information content (AvgIpc) is 3.40. The predicted molar refractivity (Wildman–Crippen MR) is 115 cm³/mol. The topological polar surface area (TPSA) is 83.1 Å². The molecule has 0 unspecified atom stereocenters. The fraction of sp³-hybridized carbons (Fsp3) is 0.261. The second-order valence-electron chi connectivity index (χ2n) is 6.94. The zero-order valence-electron chi connectivity index (χ0n) is 16.9. The molecule has 0 radical (unpaired) electrons. The van der Waals surface area contributed by atoms with Crippen LogP contribution in [0.4, 0.5) is 10.2 Å². The van der Waals surface area contributed by atoms with Crippen molar-refractivity contribution in [1.29, 1.82) is 0 Å². The molecule has 0 aliphatic carbocycles. The molecule has 1 aliphatic rings. The third-order valence-corrected chi connectivity index (χ3v) is 4.83. The number of amides is 1. The Labute approximate surface area is 179 Å². The van der Waals surface area contributed by atoms with E-state index >= 15 is 0 Å². The summed E-state index contributed by atoms with van der Waals surface area (Å²) in [5, 5.41) is 4.20. The van der Waals surface area contributed by atoms with Crippen LogP contribution < -0.4 is 10.1 Å². The zero-order valence-corrected chi connectivity index (χ0v) is 16.9. The number of carbonyl (C=O) groups excluding carboxylic acids is 1. The number of nitrogens with zero attached hydrogens (tertiary/aromatic N) is 3. The molecule has 1 fully saturated rings. The predicted octanol–water partition coefficient (Wildman–Crippen LogP) is 2.56. The van der Waals surface area contributed by atoms with Crippen molar-refractivity contribution >= 4 is 22.8 Å². The Morgan fingerprint density at radius 2 is 2.26 bits per heavy atom. The van der Waals surface area contributed by atoms with Crippen LogP contribution in [0.25, 0.3) is 11.0 Å². The minimum absolute atomic E-state index is 0.0552. The van der Waals surface area contributed by atoms with Crippen LogP contribution in [0.5, 0.6) is 5.75 Å². The summed E-state index contributed by atoms with van der Waals surface area (Å²) in [5.41, 5.74) is 1.30. The first-order valence-corrected chi connectivity index (χ1v) is 9.82. The fourth-order valence-electron chi connectivity index (χ4n) is 3.37. The first kappa shape index (κ1) is 20.2. The smallest absolute Gasteiger partial charge is 0.298 e. The number of aromatic amines is 1. The van der Waals surface area contributed by atoms with E-state index in [2.05, 4.69) is 44.0 Å². The summed E-state index contributed by atoms with van der Waals surface area (Å²) < 4.78 is 18.9. The van der Waals surface area contributed by atoms with Gasteiger partial charge in [-0.15, -0.1) is 0 Å². The van der Waals surface area contributed by atoms with Crippen LogP contribution >= 0.6 is 0 Å². The van der Waals surface area contributed by atoms with Crippen molar-refractivity contribution in [2.45, 2.75) is 19.4 Å². The molecule has 7 nitrogen and oxygen atoms in total. The number of nitrogens with one attached hydrogen (secondary N) is 2. The van der Waals surface area contributed by atoms with Crippen LogP contribution in [0.1, 0.15) is 19.0 Å². The van der Waals surface area contributed by atoms with E-state index < -0.39 is 5.82 Å². The molecule has 0 bridgehead atoms. The number of carbonyl (C=O) groups is 1. The number of anilines is 1. The molecular weight excluding hydrogens is 397 g/mol. The number of rotatable bonds is 4. The van der Waals surface area contributed by atoms with Crippen LogP contribution in [0.2, 0.25) is 0 Å². The number of likely N-dealkylation sites (tertiary alicyclic amines) is 1. The van der Waals surface area contributed by atoms with Crippen molar-refractivity contribution in [3.8, 4) is 29.4 Å². The first-order valence-electron chi connectivity index (χ1n) is 9.82. The third kappa shape index (κ3) is 4.76. The SMILES string of the molecule is CC#CC(=O)N1CC[C@@H](Nc2ncnc3[nH]c(C#CCOc4ccccc4F)cc23)C1. The normalized spacial score (nSPS) is 15.0. The molecule has 1 saturated heterocycles. The summed E-state index contributed by atoms with van der Waals surface area (Å²) in [6, 6.07) is 8.14. The molecule has 156 valence electrons. The molecule has 1 atom stereocenters. The number of halogens is 1. The van der Waals surface area contributed by atoms with Crippen molar-refractivity contribution in [1.82, 2.24) is 19.9 Å². The average molecular weight is 417 g/mol. The lowest BCUT2D eigenvalue weighted by atomic mass is 10.2. The van der Waals surface area contributed by atoms with E-state index in [4.69, 9.17) is 4.74 Å². The van der Waals surface area contributed by atoms with E-state index in [1.807, 2.05) is 6.07 Å². The van der Waals surface area contributed by atoms with E-state index in [0.717, 1.165) is 11.8 Å². The summed E-state index contributed by atoms with van der Waals surface area (Å²) in [6.07, 6.45) is 2.28. The van der Waals surface area contributed by atoms with Crippen molar-refractivity contribution in [2.75, 3.05) is 25.0 Å². The molecule has 1 aromatic carbocycles. The molecule has 0 spiro atoms. The Balaban J connectivity index is 1.42. The highest BCUT2D eigenvalue weighted by molar-refractivity contribution is 5.93. The molecule has 3 heterocycles. The van der Waals surface area contributed by atoms with E-state index in [9.17, 15) is 9.18 Å². The number of aromatic nitrogens is 3. The van der Waals surface area contributed by atoms with Gasteiger partial charge in [-0.1, -0.05) is 24.0 Å². The standard InChI is InChI=1S/C23H20FN5O2/c1-2-6-21(30)29-11-10-17(14-29)28-23-18-13-16(27-22(18)25-15-26-23)7-5-12-31-20-9-4-3-8-19(20)24/h3-4,8-9,13,15,17H,10-12,14H2,1H3,(H2,25,26,27,28)/t17-/m1/s1. The minimum Gasteiger partial charge on any atom is -0.478 e. The van der Waals surface area contributed by atoms with Gasteiger partial charge in [0.2, 0.25) is 0 Å². The van der Waals surface area contributed by atoms with Gasteiger partial charge in [-0.2, -0.15) is 0 Å². The van der Waals surface area contributed by atoms with Gasteiger partial charge in [-0.25, -0.2) is 14.4 Å². The van der Waals surface area contributed by atoms with Crippen molar-refractivity contribution < 1.29 is 13.9 Å². The maximum absolute atomic E-state index is 13.6. The van der Waals surface area contributed by atoms with Gasteiger partial charge in [0.25, 0.3) is 5.91 Å². The number of benzene rings is 1. The molecule has 1 aliphatic heterocycles. The highest BCUT2D eigenvalue weighted by atomic mass is 19.1. The number of hydrogen-bond donors (Lipinski definition) is 2. The molecule has 8 heteroatoms. The molecule has 2 aromatic heterocycles. The zero-order chi connectivity index (χ0) is 21.6. The Morgan fingerprint density at radius 1 is 1.39 bits per heavy atom. The van der Waals surface area contributed by atoms with Crippen LogP contribution in [0.3, 0.4) is 0 Å². The van der Waals surface area contributed by atoms with Gasteiger partial charge in [-0.3, -0.25) is 4.79 Å². The van der Waals surface area contributed by atoms with Crippen LogP contribution in [-0.2, 0) is 4.79 Å². The number of para-hydroxylation sites is 1. The quantitative estimate of drug-likeness (QED) is 0.638. The maximum Gasteiger partial charge on any atom is 0.298 e. The van der Waals surface area contributed by atoms with Gasteiger partial charge >= 0.3 is 0 Å². The minimum atomic E-state index is -0.421. The van der Waals surface area contributed by atoms with E-state index in [1.54, 1.807) is 30.0 Å². The highest BCUT2D eigenvalue weighted by Gasteiger charge is 2.26. The van der Waals surface area contributed by atoms with Crippen molar-refractivity contribution in [3.63, 3.8) is 0 Å². The summed E-state index contributed by atoms with van der Waals surface area (Å²) in [4.78, 5) is 25.4. The Kier molecular flexibility index (Phi) is 6.00. The molecular formula is C23H20FN5O2. The lowest BCUT2D eigenvalue weighted by Gasteiger charge is -2.15. The van der Waals surface area contributed by atoms with Gasteiger partial charge in [0.15, 0.2) is 11.6 Å². The van der Waals surface area contributed by atoms with Crippen LogP contribution in [-0.4, -0.2) is 51.5 Å². The van der Waals surface area contributed by atoms with E-state index in [0.29, 0.717) is 30.2 Å². The van der Waals surface area contributed by atoms with Crippen molar-refractivity contribution in [2.24, 2.45) is 0 Å². The van der Waals surface area contributed by atoms with Crippen LogP contribution in [0.15, 0.2) is 36.7 Å². The molecule has 0 saturated carbocycles. The molecule has 31 heavy (non-hydrogen) atoms. The first-order chi connectivity index (χ1) is 15.1. The van der Waals surface area contributed by atoms with Gasteiger partial charge in [-0.05, 0) is 43.4 Å². The van der Waals surface area contributed by atoms with Gasteiger partial charge < -0.3 is 19.9 Å². The maximum atomic E-state index is 13.6. The summed E-state index contributed by atoms with van der Waals surface area (Å²) >= 11 is 0. The van der Waals surface area contributed by atoms with Gasteiger partial charge in [0.05, 0.1) is 11.1 Å². The Hall–Kier alpha value is -4.04. The summed E-state index contributed by atoms with van der Waals surface area (Å²) in [6.45, 7) is 2.94. The van der Waals surface area contributed by atoms with Gasteiger partial charge in [0.1, 0.15) is 24.4 Å². The third-order valence-electron chi connectivity index (χ3n) is 4.83. The summed E-state index contributed by atoms with van der Waals surface area (Å²) in [7, 11) is 0. The molecule has 3 aromatic rings. The summed E-state index contributed by atoms with van der Waals surface area (Å²) in [5.74, 6) is 11.3. The molecule has 1 amide bonds. The monoisotopic (exact) mass is 417 g/mol. The largest absolute Gasteiger partial charge is 0.478 e. The second-order valence-corrected chi connectivity index (χ2v) is 6.94. The lowest BCUT2D eigenvalue weighted by molar-refractivity contribution is -0.124. The molecule has 2 N–H and O–H groups in total. The van der Waals surface area contributed by atoms with E-state index in [-0.39, 0.29) is 24.3 Å². The molecule has 4 rings (SSSR count). The Morgan fingerprint density at radius 3 is 3.10 bits per heavy atom. The van der Waals surface area contributed by atoms with Crippen LogP contribution in [0, 0.1) is 29.5 Å². The number of hydrogen-bond acceptors (Lipinski definition) is 5. The fourth-order valence-corrected chi connectivity index (χ4v) is 3.37. The number of fused-ring (bicyclic) bond motifs is 1. The lowest BCUT2D eigenvalue weighted by Crippen LogP contribution is -2.30. The number of H-pyrrole nitrogens is 1. The Bertz CT molecular complexity index is 1230.